The molecule has 0 spiro atoms. The fourth-order valence-corrected chi connectivity index (χ4v) is 2.78. The first-order valence-electron chi connectivity index (χ1n) is 10.6. The summed E-state index contributed by atoms with van der Waals surface area (Å²) in [4.78, 5) is 72.3. The summed E-state index contributed by atoms with van der Waals surface area (Å²) in [5.41, 5.74) is -2.29. The molecule has 1 aliphatic heterocycles. The summed E-state index contributed by atoms with van der Waals surface area (Å²) in [7, 11) is 0. The molecule has 1 aliphatic rings. The van der Waals surface area contributed by atoms with Crippen LogP contribution in [0.2, 0.25) is 0 Å². The summed E-state index contributed by atoms with van der Waals surface area (Å²) >= 11 is 0. The molecule has 2 N–H and O–H groups in total. The fourth-order valence-electron chi connectivity index (χ4n) is 2.78. The summed E-state index contributed by atoms with van der Waals surface area (Å²) in [6, 6.07) is 0. The maximum atomic E-state index is 12.5. The molecule has 13 nitrogen and oxygen atoms in total. The predicted molar refractivity (Wildman–Crippen MR) is 99.6 cm³/mol. The number of carbonyl (C=O) groups is 4. The minimum atomic E-state index is -1.59. The van der Waals surface area contributed by atoms with Gasteiger partial charge in [-0.05, 0) is 6.08 Å². The highest BCUT2D eigenvalue weighted by Crippen LogP contribution is 2.33. The van der Waals surface area contributed by atoms with Gasteiger partial charge in [-0.15, -0.1) is 0 Å². The van der Waals surface area contributed by atoms with Crippen molar-refractivity contribution in [3.8, 4) is 0 Å². The van der Waals surface area contributed by atoms with E-state index in [4.69, 9.17) is 28.2 Å². The van der Waals surface area contributed by atoms with Gasteiger partial charge in [0.15, 0.2) is 18.4 Å². The number of nitrogens with zero attached hydrogens (tertiary/aromatic N) is 1. The molecule has 0 amide bonds. The molecule has 31 heavy (non-hydrogen) atoms. The van der Waals surface area contributed by atoms with E-state index >= 15 is 0 Å². The third kappa shape index (κ3) is 6.12. The second-order valence-electron chi connectivity index (χ2n) is 6.08. The second-order valence-corrected chi connectivity index (χ2v) is 6.08. The Bertz CT molecular complexity index is 1080. The zero-order valence-corrected chi connectivity index (χ0v) is 15.8. The molecule has 13 heteroatoms. The standard InChI is InChI=1S/C18H20N2O11/c1-8(21)28-7-12-14(29-9(2)22)15(30-10(3)23)17(31-12)20-6-11(4-5-13(24)25)16(26)19-18(20)27/h4-6,12,14-15,17H,7H2,1-3H3,(H,24,25)(H,19,26,27)/t12-,14+,15-,17?/m1/s1/i1D,2D,3D. The van der Waals surface area contributed by atoms with Crippen molar-refractivity contribution in [3.63, 3.8) is 0 Å². The van der Waals surface area contributed by atoms with E-state index in [-0.39, 0.29) is 5.56 Å². The molecule has 0 aromatic carbocycles. The van der Waals surface area contributed by atoms with Crippen molar-refractivity contribution in [2.75, 3.05) is 6.61 Å². The van der Waals surface area contributed by atoms with E-state index in [1.165, 1.54) is 0 Å². The number of hydrogen-bond donors (Lipinski definition) is 2. The molecular weight excluding hydrogens is 420 g/mol. The van der Waals surface area contributed by atoms with E-state index in [0.29, 0.717) is 6.08 Å². The van der Waals surface area contributed by atoms with Crippen LogP contribution in [0.4, 0.5) is 0 Å². The van der Waals surface area contributed by atoms with E-state index < -0.39 is 87.0 Å². The highest BCUT2D eigenvalue weighted by molar-refractivity contribution is 5.85. The van der Waals surface area contributed by atoms with Crippen molar-refractivity contribution in [3.05, 3.63) is 38.7 Å². The third-order valence-electron chi connectivity index (χ3n) is 3.90. The predicted octanol–water partition coefficient (Wildman–Crippen LogP) is -1.04. The number of carboxylic acids is 1. The van der Waals surface area contributed by atoms with Crippen LogP contribution in [0.3, 0.4) is 0 Å². The lowest BCUT2D eigenvalue weighted by molar-refractivity contribution is -0.166. The Morgan fingerprint density at radius 3 is 2.42 bits per heavy atom. The molecule has 1 saturated heterocycles. The summed E-state index contributed by atoms with van der Waals surface area (Å²) in [5.74, 6) is -4.51. The Hall–Kier alpha value is -3.74. The number of H-pyrrole nitrogens is 1. The molecule has 1 unspecified atom stereocenters. The molecule has 1 aromatic rings. The number of hydrogen-bond acceptors (Lipinski definition) is 10. The van der Waals surface area contributed by atoms with Crippen LogP contribution in [0.25, 0.3) is 6.08 Å². The van der Waals surface area contributed by atoms with E-state index in [9.17, 15) is 28.8 Å². The topological polar surface area (TPSA) is 180 Å². The van der Waals surface area contributed by atoms with E-state index in [0.717, 1.165) is 16.8 Å². The quantitative estimate of drug-likeness (QED) is 0.298. The number of aliphatic carboxylic acids is 1. The van der Waals surface area contributed by atoms with Gasteiger partial charge >= 0.3 is 29.6 Å². The Morgan fingerprint density at radius 1 is 1.16 bits per heavy atom. The van der Waals surface area contributed by atoms with Gasteiger partial charge in [-0.1, -0.05) is 0 Å². The lowest BCUT2D eigenvalue weighted by Crippen LogP contribution is -2.42. The lowest BCUT2D eigenvalue weighted by atomic mass is 10.1. The molecule has 0 saturated carbocycles. The van der Waals surface area contributed by atoms with Crippen LogP contribution in [0.5, 0.6) is 0 Å². The molecule has 2 heterocycles. The number of aromatic nitrogens is 2. The molecule has 0 radical (unpaired) electrons. The number of carboxylic acid groups (broad SMARTS) is 1. The van der Waals surface area contributed by atoms with Crippen LogP contribution in [0.15, 0.2) is 21.9 Å². The first-order valence-corrected chi connectivity index (χ1v) is 8.45. The highest BCUT2D eigenvalue weighted by atomic mass is 16.7. The average Bonchev–Trinajstić information content (AvgIpc) is 3.12. The summed E-state index contributed by atoms with van der Waals surface area (Å²) in [6.45, 7) is -3.01. The molecule has 0 bridgehead atoms. The largest absolute Gasteiger partial charge is 0.478 e. The SMILES string of the molecule is [2H]CC(=O)OC[C@H]1OC(n2cc(C=CC(=O)O)c(=O)[nH]c2=O)[C@H](OC(=O)C[2H])[C@H]1OC(=O)C[2H]. The summed E-state index contributed by atoms with van der Waals surface area (Å²) < 4.78 is 42.8. The van der Waals surface area contributed by atoms with Crippen molar-refractivity contribution < 1.29 is 47.3 Å². The Balaban J connectivity index is 2.55. The van der Waals surface area contributed by atoms with Gasteiger partial charge in [0.25, 0.3) is 5.56 Å². The third-order valence-corrected chi connectivity index (χ3v) is 3.90. The molecule has 0 aliphatic carbocycles. The van der Waals surface area contributed by atoms with Crippen molar-refractivity contribution in [2.45, 2.75) is 45.2 Å². The Kier molecular flexibility index (Phi) is 6.11. The van der Waals surface area contributed by atoms with Gasteiger partial charge in [0.1, 0.15) is 12.7 Å². The number of nitrogens with one attached hydrogen (secondary N) is 1. The number of rotatable bonds is 7. The first-order chi connectivity index (χ1) is 16.1. The monoisotopic (exact) mass is 443 g/mol. The molecule has 1 aromatic heterocycles. The first kappa shape index (κ1) is 19.2. The normalized spacial score (nSPS) is 24.1. The number of carbonyl (C=O) groups excluding carboxylic acids is 3. The molecule has 4 atom stereocenters. The Labute approximate surface area is 178 Å². The molecular formula is C18H20N2O11. The molecule has 1 fully saturated rings. The van der Waals surface area contributed by atoms with Crippen molar-refractivity contribution >= 4 is 30.0 Å². The van der Waals surface area contributed by atoms with Crippen molar-refractivity contribution in [2.24, 2.45) is 0 Å². The van der Waals surface area contributed by atoms with Gasteiger partial charge in [0.2, 0.25) is 0 Å². The van der Waals surface area contributed by atoms with Crippen molar-refractivity contribution in [1.82, 2.24) is 9.55 Å². The van der Waals surface area contributed by atoms with Crippen molar-refractivity contribution in [1.29, 1.82) is 0 Å². The number of aromatic amines is 1. The van der Waals surface area contributed by atoms with E-state index in [2.05, 4.69) is 0 Å². The van der Waals surface area contributed by atoms with E-state index in [1.807, 2.05) is 4.98 Å². The van der Waals surface area contributed by atoms with Gasteiger partial charge in [-0.3, -0.25) is 28.7 Å². The zero-order chi connectivity index (χ0) is 25.4. The summed E-state index contributed by atoms with van der Waals surface area (Å²) in [5, 5.41) is 8.78. The van der Waals surface area contributed by atoms with Crippen LogP contribution in [-0.2, 0) is 38.1 Å². The van der Waals surface area contributed by atoms with Gasteiger partial charge in [0, 0.05) is 37.1 Å². The van der Waals surface area contributed by atoms with Crippen LogP contribution in [-0.4, -0.2) is 63.5 Å². The molecule has 2 rings (SSSR count). The van der Waals surface area contributed by atoms with Crippen LogP contribution >= 0.6 is 0 Å². The van der Waals surface area contributed by atoms with Crippen LogP contribution in [0, 0.1) is 0 Å². The lowest BCUT2D eigenvalue weighted by Gasteiger charge is -2.24. The smallest absolute Gasteiger partial charge is 0.330 e. The summed E-state index contributed by atoms with van der Waals surface area (Å²) in [6.07, 6.45) is -3.58. The maximum absolute atomic E-state index is 12.5. The number of esters is 3. The van der Waals surface area contributed by atoms with Gasteiger partial charge in [0.05, 0.1) is 5.56 Å². The average molecular weight is 443 g/mol. The minimum absolute atomic E-state index is 0.292. The van der Waals surface area contributed by atoms with Crippen LogP contribution in [0.1, 0.15) is 36.6 Å². The van der Waals surface area contributed by atoms with Gasteiger partial charge in [-0.25, -0.2) is 9.59 Å². The second kappa shape index (κ2) is 9.84. The van der Waals surface area contributed by atoms with Gasteiger partial charge < -0.3 is 24.1 Å². The number of ether oxygens (including phenoxy) is 4. The minimum Gasteiger partial charge on any atom is -0.478 e. The highest BCUT2D eigenvalue weighted by Gasteiger charge is 2.51. The Morgan fingerprint density at radius 2 is 1.81 bits per heavy atom. The maximum Gasteiger partial charge on any atom is 0.330 e. The molecule has 168 valence electrons. The van der Waals surface area contributed by atoms with Crippen LogP contribution < -0.4 is 11.2 Å². The van der Waals surface area contributed by atoms with Gasteiger partial charge in [-0.2, -0.15) is 0 Å². The fraction of sp³-hybridized carbons (Fsp3) is 0.444. The van der Waals surface area contributed by atoms with E-state index in [1.54, 1.807) is 0 Å². The zero-order valence-electron chi connectivity index (χ0n) is 18.8.